The van der Waals surface area contributed by atoms with Crippen LogP contribution in [0.15, 0.2) is 30.3 Å². The molecule has 1 aliphatic heterocycles. The highest BCUT2D eigenvalue weighted by Crippen LogP contribution is 2.33. The quantitative estimate of drug-likeness (QED) is 0.358. The van der Waals surface area contributed by atoms with E-state index in [2.05, 4.69) is 56.1 Å². The monoisotopic (exact) mass is 345 g/mol. The minimum absolute atomic E-state index is 0.758. The Morgan fingerprint density at radius 3 is 2.12 bits per heavy atom. The van der Waals surface area contributed by atoms with Gasteiger partial charge in [0.1, 0.15) is 6.29 Å². The second-order valence-electron chi connectivity index (χ2n) is 7.48. The van der Waals surface area contributed by atoms with Gasteiger partial charge in [0.15, 0.2) is 0 Å². The van der Waals surface area contributed by atoms with E-state index in [1.807, 2.05) is 0 Å². The first-order valence-electron chi connectivity index (χ1n) is 10.4. The van der Waals surface area contributed by atoms with Crippen LogP contribution in [0.2, 0.25) is 0 Å². The largest absolute Gasteiger partial charge is 0.306 e. The molecule has 2 rings (SSSR count). The Balaban J connectivity index is 0.000000260. The number of hydrogen-bond donors (Lipinski definition) is 0. The summed E-state index contributed by atoms with van der Waals surface area (Å²) in [6.07, 6.45) is 12.1. The Kier molecular flexibility index (Phi) is 12.3. The van der Waals surface area contributed by atoms with Crippen LogP contribution in [-0.2, 0) is 4.79 Å². The first kappa shape index (κ1) is 21.9. The van der Waals surface area contributed by atoms with E-state index < -0.39 is 0 Å². The third-order valence-corrected chi connectivity index (χ3v) is 5.25. The molecule has 0 aliphatic carbocycles. The summed E-state index contributed by atoms with van der Waals surface area (Å²) in [4.78, 5) is 12.3. The number of aldehydes is 1. The summed E-state index contributed by atoms with van der Waals surface area (Å²) < 4.78 is 0. The maximum absolute atomic E-state index is 9.94. The van der Waals surface area contributed by atoms with Gasteiger partial charge in [0.25, 0.3) is 0 Å². The molecule has 1 unspecified atom stereocenters. The normalized spacial score (nSPS) is 15.8. The Labute approximate surface area is 156 Å². The average molecular weight is 346 g/mol. The number of carbonyl (C=O) groups is 1. The predicted octanol–water partition coefficient (Wildman–Crippen LogP) is 6.07. The molecule has 0 amide bonds. The smallest absolute Gasteiger partial charge is 0.119 e. The lowest BCUT2D eigenvalue weighted by molar-refractivity contribution is -0.107. The molecule has 0 bridgehead atoms. The second-order valence-corrected chi connectivity index (χ2v) is 7.48. The van der Waals surface area contributed by atoms with Crippen LogP contribution in [0.5, 0.6) is 0 Å². The zero-order chi connectivity index (χ0) is 18.3. The Hall–Kier alpha value is -1.15. The minimum atomic E-state index is 0.758. The van der Waals surface area contributed by atoms with E-state index in [4.69, 9.17) is 0 Å². The molecule has 1 aromatic rings. The molecule has 0 saturated carbocycles. The highest BCUT2D eigenvalue weighted by Gasteiger charge is 2.30. The van der Waals surface area contributed by atoms with E-state index in [-0.39, 0.29) is 0 Å². The van der Waals surface area contributed by atoms with Crippen LogP contribution in [0.4, 0.5) is 0 Å². The van der Waals surface area contributed by atoms with Crippen molar-refractivity contribution >= 4 is 6.29 Å². The van der Waals surface area contributed by atoms with E-state index in [0.717, 1.165) is 31.0 Å². The highest BCUT2D eigenvalue weighted by atomic mass is 16.1. The van der Waals surface area contributed by atoms with Crippen LogP contribution in [0, 0.1) is 5.92 Å². The van der Waals surface area contributed by atoms with Crippen molar-refractivity contribution in [3.63, 3.8) is 0 Å². The molecule has 142 valence electrons. The van der Waals surface area contributed by atoms with Crippen LogP contribution in [-0.4, -0.2) is 31.3 Å². The van der Waals surface area contributed by atoms with Crippen LogP contribution < -0.4 is 0 Å². The molecule has 0 N–H and O–H groups in total. The summed E-state index contributed by atoms with van der Waals surface area (Å²) in [5.74, 6) is 1.65. The van der Waals surface area contributed by atoms with Crippen molar-refractivity contribution in [3.05, 3.63) is 35.9 Å². The Morgan fingerprint density at radius 1 is 1.00 bits per heavy atom. The van der Waals surface area contributed by atoms with Gasteiger partial charge in [-0.2, -0.15) is 0 Å². The molecule has 0 aromatic heterocycles. The van der Waals surface area contributed by atoms with Gasteiger partial charge in [0.05, 0.1) is 0 Å². The summed E-state index contributed by atoms with van der Waals surface area (Å²) in [5.41, 5.74) is 1.52. The number of nitrogens with zero attached hydrogens (tertiary/aromatic N) is 1. The average Bonchev–Trinajstić information content (AvgIpc) is 2.62. The third kappa shape index (κ3) is 9.21. The first-order chi connectivity index (χ1) is 12.2. The summed E-state index contributed by atoms with van der Waals surface area (Å²) in [5, 5.41) is 0. The van der Waals surface area contributed by atoms with Crippen molar-refractivity contribution in [2.45, 2.75) is 77.6 Å². The number of likely N-dealkylation sites (tertiary alicyclic amines) is 1. The molecule has 25 heavy (non-hydrogen) atoms. The van der Waals surface area contributed by atoms with Crippen molar-refractivity contribution in [2.75, 3.05) is 20.1 Å². The number of rotatable bonds is 11. The highest BCUT2D eigenvalue weighted by molar-refractivity contribution is 5.48. The molecule has 1 heterocycles. The fourth-order valence-electron chi connectivity index (χ4n) is 3.73. The van der Waals surface area contributed by atoms with Gasteiger partial charge in [0, 0.05) is 19.5 Å². The minimum Gasteiger partial charge on any atom is -0.306 e. The SMILES string of the molecule is CCC(c1ccccc1)C1CN(C)C1.CCCCCCCCCC=O. The topological polar surface area (TPSA) is 20.3 Å². The fourth-order valence-corrected chi connectivity index (χ4v) is 3.73. The van der Waals surface area contributed by atoms with Gasteiger partial charge >= 0.3 is 0 Å². The van der Waals surface area contributed by atoms with Gasteiger partial charge in [-0.25, -0.2) is 0 Å². The molecule has 0 spiro atoms. The van der Waals surface area contributed by atoms with Crippen LogP contribution in [0.3, 0.4) is 0 Å². The number of unbranched alkanes of at least 4 members (excludes halogenated alkanes) is 7. The molecular weight excluding hydrogens is 306 g/mol. The Bertz CT molecular complexity index is 425. The van der Waals surface area contributed by atoms with Gasteiger partial charge in [-0.1, -0.05) is 82.7 Å². The Morgan fingerprint density at radius 2 is 1.60 bits per heavy atom. The second kappa shape index (κ2) is 14.1. The lowest BCUT2D eigenvalue weighted by atomic mass is 9.80. The maximum Gasteiger partial charge on any atom is 0.119 e. The first-order valence-corrected chi connectivity index (χ1v) is 10.4. The van der Waals surface area contributed by atoms with Gasteiger partial charge < -0.3 is 9.69 Å². The molecule has 0 radical (unpaired) electrons. The van der Waals surface area contributed by atoms with Gasteiger partial charge in [-0.15, -0.1) is 0 Å². The number of carbonyl (C=O) groups excluding carboxylic acids is 1. The fraction of sp³-hybridized carbons (Fsp3) is 0.696. The van der Waals surface area contributed by atoms with Crippen molar-refractivity contribution in [1.82, 2.24) is 4.90 Å². The van der Waals surface area contributed by atoms with Crippen molar-refractivity contribution in [2.24, 2.45) is 5.92 Å². The van der Waals surface area contributed by atoms with Crippen molar-refractivity contribution < 1.29 is 4.79 Å². The van der Waals surface area contributed by atoms with Crippen molar-refractivity contribution in [3.8, 4) is 0 Å². The van der Waals surface area contributed by atoms with E-state index in [0.29, 0.717) is 0 Å². The lowest BCUT2D eigenvalue weighted by Gasteiger charge is -2.41. The third-order valence-electron chi connectivity index (χ3n) is 5.25. The lowest BCUT2D eigenvalue weighted by Crippen LogP contribution is -2.46. The van der Waals surface area contributed by atoms with Crippen LogP contribution in [0.1, 0.15) is 83.1 Å². The standard InChI is InChI=1S/C13H19N.C10H20O/c1-3-13(12-9-14(2)10-12)11-7-5-4-6-8-11;1-2-3-4-5-6-7-8-9-10-11/h4-8,12-13H,3,9-10H2,1-2H3;10H,2-9H2,1H3. The molecule has 1 fully saturated rings. The molecule has 2 nitrogen and oxygen atoms in total. The number of benzene rings is 1. The summed E-state index contributed by atoms with van der Waals surface area (Å²) in [7, 11) is 2.20. The van der Waals surface area contributed by atoms with Crippen molar-refractivity contribution in [1.29, 1.82) is 0 Å². The summed E-state index contributed by atoms with van der Waals surface area (Å²) >= 11 is 0. The zero-order valence-electron chi connectivity index (χ0n) is 16.8. The van der Waals surface area contributed by atoms with Crippen LogP contribution >= 0.6 is 0 Å². The van der Waals surface area contributed by atoms with Gasteiger partial charge in [0.2, 0.25) is 0 Å². The van der Waals surface area contributed by atoms with Gasteiger partial charge in [-0.05, 0) is 37.3 Å². The molecule has 1 atom stereocenters. The van der Waals surface area contributed by atoms with E-state index in [9.17, 15) is 4.79 Å². The maximum atomic E-state index is 9.94. The predicted molar refractivity (Wildman–Crippen MR) is 109 cm³/mol. The molecule has 1 aliphatic rings. The van der Waals surface area contributed by atoms with E-state index >= 15 is 0 Å². The summed E-state index contributed by atoms with van der Waals surface area (Å²) in [6, 6.07) is 10.9. The van der Waals surface area contributed by atoms with E-state index in [1.165, 1.54) is 63.6 Å². The van der Waals surface area contributed by atoms with Crippen LogP contribution in [0.25, 0.3) is 0 Å². The molecule has 1 aromatic carbocycles. The molecule has 2 heteroatoms. The molecular formula is C23H39NO. The summed E-state index contributed by atoms with van der Waals surface area (Å²) in [6.45, 7) is 7.07. The molecule has 1 saturated heterocycles. The zero-order valence-corrected chi connectivity index (χ0v) is 16.8. The van der Waals surface area contributed by atoms with E-state index in [1.54, 1.807) is 0 Å². The van der Waals surface area contributed by atoms with Gasteiger partial charge in [-0.3, -0.25) is 0 Å². The number of hydrogen-bond acceptors (Lipinski definition) is 2.